The molecule has 3 unspecified atom stereocenters. The van der Waals surface area contributed by atoms with Crippen LogP contribution in [0.3, 0.4) is 0 Å². The van der Waals surface area contributed by atoms with E-state index in [2.05, 4.69) is 26.3 Å². The maximum absolute atomic E-state index is 14.3. The van der Waals surface area contributed by atoms with E-state index in [9.17, 15) is 9.59 Å². The van der Waals surface area contributed by atoms with Gasteiger partial charge in [-0.05, 0) is 31.7 Å². The van der Waals surface area contributed by atoms with Gasteiger partial charge in [-0.3, -0.25) is 9.36 Å². The maximum Gasteiger partial charge on any atom is 0.333 e. The molecule has 1 aromatic carbocycles. The Hall–Kier alpha value is -3.92. The molecule has 4 aromatic rings. The number of nitrogens with one attached hydrogen (secondary N) is 2. The second kappa shape index (κ2) is 9.75. The van der Waals surface area contributed by atoms with Crippen molar-refractivity contribution in [2.75, 3.05) is 24.5 Å². The van der Waals surface area contributed by atoms with Crippen LogP contribution in [0.1, 0.15) is 37.7 Å². The highest BCUT2D eigenvalue weighted by atomic mass is 16.2. The number of aryl methyl sites for hydroxylation is 1. The zero-order valence-electron chi connectivity index (χ0n) is 22.1. The molecule has 3 aromatic heterocycles. The van der Waals surface area contributed by atoms with E-state index in [0.29, 0.717) is 41.9 Å². The Balaban J connectivity index is 1.58. The Kier molecular flexibility index (Phi) is 6.27. The van der Waals surface area contributed by atoms with Crippen molar-refractivity contribution < 1.29 is 0 Å². The lowest BCUT2D eigenvalue weighted by atomic mass is 10.1. The van der Waals surface area contributed by atoms with E-state index in [0.717, 1.165) is 43.1 Å². The Morgan fingerprint density at radius 1 is 1.18 bits per heavy atom. The minimum absolute atomic E-state index is 0.338. The minimum Gasteiger partial charge on any atom is -0.347 e. The van der Waals surface area contributed by atoms with Gasteiger partial charge in [0.2, 0.25) is 5.95 Å². The molecule has 5 heterocycles. The summed E-state index contributed by atoms with van der Waals surface area (Å²) in [6, 6.07) is 9.62. The van der Waals surface area contributed by atoms with Crippen molar-refractivity contribution in [3.05, 3.63) is 86.6 Å². The van der Waals surface area contributed by atoms with Gasteiger partial charge in [-0.15, -0.1) is 0 Å². The first kappa shape index (κ1) is 24.4. The molecule has 10 nitrogen and oxygen atoms in total. The Morgan fingerprint density at radius 2 is 2.00 bits per heavy atom. The van der Waals surface area contributed by atoms with E-state index in [1.807, 2.05) is 48.7 Å². The van der Waals surface area contributed by atoms with E-state index in [1.54, 1.807) is 19.4 Å². The normalized spacial score (nSPS) is 19.7. The fraction of sp³-hybridized carbons (Fsp3) is 0.429. The quantitative estimate of drug-likeness (QED) is 0.367. The van der Waals surface area contributed by atoms with Crippen molar-refractivity contribution in [3.8, 4) is 0 Å². The van der Waals surface area contributed by atoms with E-state index >= 15 is 0 Å². The predicted octanol–water partition coefficient (Wildman–Crippen LogP) is 2.22. The number of anilines is 1. The molecule has 2 N–H and O–H groups in total. The number of aromatic amines is 1. The van der Waals surface area contributed by atoms with E-state index < -0.39 is 11.7 Å². The van der Waals surface area contributed by atoms with Crippen LogP contribution in [0.25, 0.3) is 11.2 Å². The zero-order chi connectivity index (χ0) is 26.4. The van der Waals surface area contributed by atoms with Gasteiger partial charge in [-0.25, -0.2) is 14.3 Å². The van der Waals surface area contributed by atoms with Crippen LogP contribution >= 0.6 is 0 Å². The number of allylic oxidation sites excluding steroid dienone is 2. The average Bonchev–Trinajstić information content (AvgIpc) is 3.70. The number of nitrogens with zero attached hydrogens (tertiary/aromatic N) is 6. The number of rotatable bonds is 7. The summed E-state index contributed by atoms with van der Waals surface area (Å²) in [4.78, 5) is 43.0. The lowest BCUT2D eigenvalue weighted by Gasteiger charge is -2.25. The summed E-state index contributed by atoms with van der Waals surface area (Å²) in [5.41, 5.74) is 2.28. The Morgan fingerprint density at radius 3 is 2.74 bits per heavy atom. The van der Waals surface area contributed by atoms with Crippen molar-refractivity contribution >= 4 is 17.1 Å². The van der Waals surface area contributed by atoms with Crippen molar-refractivity contribution in [2.24, 2.45) is 13.0 Å². The van der Waals surface area contributed by atoms with Crippen LogP contribution in [-0.4, -0.2) is 54.3 Å². The van der Waals surface area contributed by atoms with Crippen LogP contribution in [0, 0.1) is 5.92 Å². The Labute approximate surface area is 220 Å². The highest BCUT2D eigenvalue weighted by Gasteiger charge is 2.40. The number of hydrogen-bond acceptors (Lipinski definition) is 6. The highest BCUT2D eigenvalue weighted by molar-refractivity contribution is 5.75. The molecule has 10 heteroatoms. The number of H-pyrrole nitrogens is 1. The van der Waals surface area contributed by atoms with Gasteiger partial charge in [-0.2, -0.15) is 4.98 Å². The van der Waals surface area contributed by atoms with Crippen LogP contribution in [-0.2, 0) is 20.0 Å². The molecule has 2 fully saturated rings. The fourth-order valence-corrected chi connectivity index (χ4v) is 5.97. The van der Waals surface area contributed by atoms with Crippen molar-refractivity contribution in [1.29, 1.82) is 0 Å². The molecule has 0 radical (unpaired) electrons. The molecular weight excluding hydrogens is 480 g/mol. The summed E-state index contributed by atoms with van der Waals surface area (Å²) in [5.74, 6) is 1.90. The van der Waals surface area contributed by atoms with Gasteiger partial charge < -0.3 is 19.8 Å². The average molecular weight is 515 g/mol. The largest absolute Gasteiger partial charge is 0.347 e. The molecule has 6 rings (SSSR count). The molecule has 2 aliphatic rings. The highest BCUT2D eigenvalue weighted by Crippen LogP contribution is 2.33. The topological polar surface area (TPSA) is 106 Å². The first-order valence-corrected chi connectivity index (χ1v) is 13.3. The van der Waals surface area contributed by atoms with Crippen molar-refractivity contribution in [1.82, 2.24) is 34.0 Å². The third-order valence-corrected chi connectivity index (χ3v) is 7.96. The summed E-state index contributed by atoms with van der Waals surface area (Å²) in [7, 11) is 1.70. The van der Waals surface area contributed by atoms with Gasteiger partial charge in [0.05, 0.1) is 0 Å². The van der Waals surface area contributed by atoms with Gasteiger partial charge in [0, 0.05) is 58.1 Å². The van der Waals surface area contributed by atoms with Gasteiger partial charge in [0.15, 0.2) is 11.2 Å². The summed E-state index contributed by atoms with van der Waals surface area (Å²) in [6.07, 6.45) is 7.01. The summed E-state index contributed by atoms with van der Waals surface area (Å²) >= 11 is 0. The molecular formula is C28H34N8O2. The van der Waals surface area contributed by atoms with E-state index in [1.165, 1.54) is 9.13 Å². The number of fused-ring (bicyclic) bond motifs is 2. The molecule has 3 atom stereocenters. The smallest absolute Gasteiger partial charge is 0.333 e. The monoisotopic (exact) mass is 514 g/mol. The third-order valence-electron chi connectivity index (χ3n) is 7.96. The first-order valence-electron chi connectivity index (χ1n) is 13.3. The van der Waals surface area contributed by atoms with E-state index in [4.69, 9.17) is 4.98 Å². The molecule has 0 bridgehead atoms. The molecule has 198 valence electrons. The summed E-state index contributed by atoms with van der Waals surface area (Å²) < 4.78 is 4.87. The van der Waals surface area contributed by atoms with Crippen LogP contribution in [0.4, 0.5) is 5.95 Å². The van der Waals surface area contributed by atoms with Crippen LogP contribution in [0.2, 0.25) is 0 Å². The van der Waals surface area contributed by atoms with Gasteiger partial charge in [0.1, 0.15) is 11.9 Å². The molecule has 0 spiro atoms. The lowest BCUT2D eigenvalue weighted by molar-refractivity contribution is 0.498. The molecule has 0 aliphatic carbocycles. The van der Waals surface area contributed by atoms with Crippen LogP contribution < -0.4 is 21.5 Å². The maximum atomic E-state index is 14.3. The molecule has 0 saturated carbocycles. The number of imidazole rings is 2. The van der Waals surface area contributed by atoms with E-state index in [-0.39, 0.29) is 5.56 Å². The van der Waals surface area contributed by atoms with Gasteiger partial charge >= 0.3 is 5.69 Å². The minimum atomic E-state index is -0.589. The van der Waals surface area contributed by atoms with Gasteiger partial charge in [0.25, 0.3) is 5.56 Å². The number of aromatic nitrogens is 6. The third kappa shape index (κ3) is 4.09. The van der Waals surface area contributed by atoms with Gasteiger partial charge in [-0.1, -0.05) is 42.0 Å². The number of benzene rings is 1. The second-order valence-electron chi connectivity index (χ2n) is 10.6. The lowest BCUT2D eigenvalue weighted by Crippen LogP contribution is -2.43. The SMILES string of the molecule is CC(C)=CCn1c(N2CCC3CNCC32)nc2c1c(=O)n(C(Cc1ccccc1)c1ncc[nH]1)c(=O)n2C. The second-order valence-corrected chi connectivity index (χ2v) is 10.6. The van der Waals surface area contributed by atoms with Crippen LogP contribution in [0.15, 0.2) is 64.0 Å². The van der Waals surface area contributed by atoms with Crippen molar-refractivity contribution in [3.63, 3.8) is 0 Å². The molecule has 0 amide bonds. The first-order chi connectivity index (χ1) is 18.4. The molecule has 2 saturated heterocycles. The predicted molar refractivity (Wildman–Crippen MR) is 148 cm³/mol. The molecule has 2 aliphatic heterocycles. The van der Waals surface area contributed by atoms with Crippen molar-refractivity contribution in [2.45, 2.75) is 45.3 Å². The zero-order valence-corrected chi connectivity index (χ0v) is 22.1. The molecule has 38 heavy (non-hydrogen) atoms. The number of hydrogen-bond donors (Lipinski definition) is 2. The fourth-order valence-electron chi connectivity index (χ4n) is 5.97. The summed E-state index contributed by atoms with van der Waals surface area (Å²) in [5, 5.41) is 3.50. The standard InChI is InChI=1S/C28H34N8O2/c1-18(2)9-13-35-23-25(32-27(35)34-14-10-20-16-29-17-22(20)34)33(3)28(38)36(26(23)37)21(24-30-11-12-31-24)15-19-7-5-4-6-8-19/h4-9,11-12,20-22,29H,10,13-17H2,1-3H3,(H,30,31). The van der Waals surface area contributed by atoms with Crippen LogP contribution in [0.5, 0.6) is 0 Å². The summed E-state index contributed by atoms with van der Waals surface area (Å²) in [6.45, 7) is 7.40. The Bertz CT molecular complexity index is 1590.